The van der Waals surface area contributed by atoms with E-state index in [2.05, 4.69) is 10.3 Å². The molecule has 2 heterocycles. The number of hydrogen-bond donors (Lipinski definition) is 1. The first-order valence-corrected chi connectivity index (χ1v) is 12.8. The van der Waals surface area contributed by atoms with Crippen molar-refractivity contribution in [3.63, 3.8) is 0 Å². The van der Waals surface area contributed by atoms with Crippen LogP contribution in [0, 0.1) is 0 Å². The van der Waals surface area contributed by atoms with Crippen molar-refractivity contribution in [1.82, 2.24) is 19.2 Å². The lowest BCUT2D eigenvalue weighted by atomic mass is 10.1. The Morgan fingerprint density at radius 2 is 1.94 bits per heavy atom. The number of sulfonamides is 1. The van der Waals surface area contributed by atoms with Crippen LogP contribution in [0.3, 0.4) is 0 Å². The van der Waals surface area contributed by atoms with Gasteiger partial charge in [-0.3, -0.25) is 4.79 Å². The molecule has 0 unspecified atom stereocenters. The summed E-state index contributed by atoms with van der Waals surface area (Å²) in [7, 11) is -0.535. The first-order valence-electron chi connectivity index (χ1n) is 11.4. The Balaban J connectivity index is 1.69. The fourth-order valence-electron chi connectivity index (χ4n) is 4.39. The Hall–Kier alpha value is -3.17. The van der Waals surface area contributed by atoms with Crippen molar-refractivity contribution in [1.29, 1.82) is 0 Å². The van der Waals surface area contributed by atoms with Crippen LogP contribution in [0.1, 0.15) is 54.0 Å². The van der Waals surface area contributed by atoms with Crippen molar-refractivity contribution in [2.75, 3.05) is 13.7 Å². The molecule has 9 heteroatoms. The van der Waals surface area contributed by atoms with Gasteiger partial charge in [0.25, 0.3) is 5.91 Å². The van der Waals surface area contributed by atoms with E-state index < -0.39 is 22.0 Å². The molecule has 1 saturated heterocycles. The van der Waals surface area contributed by atoms with Crippen LogP contribution < -0.4 is 10.1 Å². The molecule has 1 aromatic heterocycles. The fraction of sp³-hybridized carbons (Fsp3) is 0.360. The molecule has 1 aliphatic rings. The number of hydrogen-bond acceptors (Lipinski definition) is 5. The first kappa shape index (κ1) is 24.0. The summed E-state index contributed by atoms with van der Waals surface area (Å²) in [6.45, 7) is 2.37. The molecule has 1 amide bonds. The number of methoxy groups -OCH3 is 1. The minimum Gasteiger partial charge on any atom is -0.495 e. The van der Waals surface area contributed by atoms with Gasteiger partial charge in [0.15, 0.2) is 0 Å². The largest absolute Gasteiger partial charge is 0.495 e. The van der Waals surface area contributed by atoms with Gasteiger partial charge in [-0.15, -0.1) is 0 Å². The quantitative estimate of drug-likeness (QED) is 0.556. The van der Waals surface area contributed by atoms with Gasteiger partial charge in [-0.25, -0.2) is 13.4 Å². The van der Waals surface area contributed by atoms with Gasteiger partial charge in [-0.2, -0.15) is 4.31 Å². The van der Waals surface area contributed by atoms with Crippen LogP contribution in [0.5, 0.6) is 5.75 Å². The molecule has 34 heavy (non-hydrogen) atoms. The van der Waals surface area contributed by atoms with Crippen molar-refractivity contribution in [3.8, 4) is 5.75 Å². The van der Waals surface area contributed by atoms with Crippen LogP contribution in [0.4, 0.5) is 0 Å². The maximum atomic E-state index is 13.5. The molecule has 0 aliphatic carbocycles. The Kier molecular flexibility index (Phi) is 7.04. The van der Waals surface area contributed by atoms with Gasteiger partial charge in [-0.1, -0.05) is 36.8 Å². The average Bonchev–Trinajstić information content (AvgIpc) is 3.28. The molecule has 2 aromatic carbocycles. The lowest BCUT2D eigenvalue weighted by Crippen LogP contribution is -2.42. The predicted octanol–water partition coefficient (Wildman–Crippen LogP) is 3.51. The van der Waals surface area contributed by atoms with E-state index in [4.69, 9.17) is 4.74 Å². The minimum atomic E-state index is -3.83. The van der Waals surface area contributed by atoms with Crippen LogP contribution in [0.25, 0.3) is 0 Å². The third kappa shape index (κ3) is 4.71. The van der Waals surface area contributed by atoms with Gasteiger partial charge in [0, 0.05) is 37.6 Å². The highest BCUT2D eigenvalue weighted by atomic mass is 32.2. The van der Waals surface area contributed by atoms with E-state index in [0.29, 0.717) is 12.4 Å². The molecule has 0 radical (unpaired) electrons. The summed E-state index contributed by atoms with van der Waals surface area (Å²) >= 11 is 0. The van der Waals surface area contributed by atoms with Crippen LogP contribution in [0.15, 0.2) is 65.8 Å². The lowest BCUT2D eigenvalue weighted by molar-refractivity contribution is 0.0941. The molecule has 2 atom stereocenters. The zero-order valence-electron chi connectivity index (χ0n) is 19.6. The molecule has 0 bridgehead atoms. The molecular weight excluding hydrogens is 452 g/mol. The molecule has 1 fully saturated rings. The normalized spacial score (nSPS) is 17.8. The number of benzene rings is 2. The van der Waals surface area contributed by atoms with E-state index in [0.717, 1.165) is 24.8 Å². The second-order valence-corrected chi connectivity index (χ2v) is 10.4. The smallest absolute Gasteiger partial charge is 0.252 e. The number of piperidine rings is 1. The highest BCUT2D eigenvalue weighted by Crippen LogP contribution is 2.32. The molecule has 1 aliphatic heterocycles. The number of amides is 1. The van der Waals surface area contributed by atoms with E-state index in [1.807, 2.05) is 55.1 Å². The van der Waals surface area contributed by atoms with Crippen LogP contribution in [-0.4, -0.2) is 47.9 Å². The first-order chi connectivity index (χ1) is 16.3. The summed E-state index contributed by atoms with van der Waals surface area (Å²) in [5.41, 5.74) is 1.10. The average molecular weight is 483 g/mol. The van der Waals surface area contributed by atoms with Crippen molar-refractivity contribution in [2.24, 2.45) is 7.05 Å². The highest BCUT2D eigenvalue weighted by molar-refractivity contribution is 7.89. The van der Waals surface area contributed by atoms with E-state index in [1.165, 1.54) is 23.5 Å². The topological polar surface area (TPSA) is 93.5 Å². The van der Waals surface area contributed by atoms with Crippen molar-refractivity contribution < 1.29 is 17.9 Å². The summed E-state index contributed by atoms with van der Waals surface area (Å²) in [5.74, 6) is 0.490. The number of carbonyl (C=O) groups is 1. The SMILES string of the molecule is COc1ccc(C(=O)N[C@@H](c2ccccc2)c2nccn2C)cc1S(=O)(=O)N1CCCC[C@@H]1C. The third-order valence-electron chi connectivity index (χ3n) is 6.28. The number of carbonyl (C=O) groups excluding carboxylic acids is 1. The Bertz CT molecular complexity index is 1260. The van der Waals surface area contributed by atoms with Gasteiger partial charge < -0.3 is 14.6 Å². The van der Waals surface area contributed by atoms with Crippen LogP contribution in [-0.2, 0) is 17.1 Å². The van der Waals surface area contributed by atoms with E-state index in [1.54, 1.807) is 12.3 Å². The summed E-state index contributed by atoms with van der Waals surface area (Å²) in [6.07, 6.45) is 6.12. The van der Waals surface area contributed by atoms with Crippen LogP contribution >= 0.6 is 0 Å². The molecular formula is C25H30N4O4S. The number of aryl methyl sites for hydroxylation is 1. The zero-order valence-corrected chi connectivity index (χ0v) is 20.5. The molecule has 3 aromatic rings. The Morgan fingerprint density at radius 1 is 1.18 bits per heavy atom. The summed E-state index contributed by atoms with van der Waals surface area (Å²) in [4.78, 5) is 17.8. The fourth-order valence-corrected chi connectivity index (χ4v) is 6.27. The summed E-state index contributed by atoms with van der Waals surface area (Å²) < 4.78 is 35.8. The van der Waals surface area contributed by atoms with E-state index >= 15 is 0 Å². The highest BCUT2D eigenvalue weighted by Gasteiger charge is 2.34. The molecule has 4 rings (SSSR count). The molecule has 1 N–H and O–H groups in total. The number of aromatic nitrogens is 2. The number of ether oxygens (including phenoxy) is 1. The predicted molar refractivity (Wildman–Crippen MR) is 129 cm³/mol. The molecule has 0 spiro atoms. The van der Waals surface area contributed by atoms with Gasteiger partial charge in [0.05, 0.1) is 7.11 Å². The number of nitrogens with one attached hydrogen (secondary N) is 1. The number of imidazole rings is 1. The Morgan fingerprint density at radius 3 is 2.59 bits per heavy atom. The second-order valence-electron chi connectivity index (χ2n) is 8.54. The third-order valence-corrected chi connectivity index (χ3v) is 8.31. The minimum absolute atomic E-state index is 0.00431. The monoisotopic (exact) mass is 482 g/mol. The summed E-state index contributed by atoms with van der Waals surface area (Å²) in [5, 5.41) is 3.03. The molecule has 8 nitrogen and oxygen atoms in total. The summed E-state index contributed by atoms with van der Waals surface area (Å²) in [6, 6.07) is 13.5. The second kappa shape index (κ2) is 9.99. The van der Waals surface area contributed by atoms with Gasteiger partial charge in [-0.05, 0) is 43.5 Å². The van der Waals surface area contributed by atoms with E-state index in [9.17, 15) is 13.2 Å². The van der Waals surface area contributed by atoms with Crippen molar-refractivity contribution in [2.45, 2.75) is 43.2 Å². The maximum absolute atomic E-state index is 13.5. The number of nitrogens with zero attached hydrogens (tertiary/aromatic N) is 3. The van der Waals surface area contributed by atoms with E-state index in [-0.39, 0.29) is 22.3 Å². The zero-order chi connectivity index (χ0) is 24.3. The Labute approximate surface area is 200 Å². The van der Waals surface area contributed by atoms with Crippen molar-refractivity contribution in [3.05, 3.63) is 77.9 Å². The maximum Gasteiger partial charge on any atom is 0.252 e. The molecule has 0 saturated carbocycles. The van der Waals surface area contributed by atoms with Gasteiger partial charge in [0.1, 0.15) is 22.5 Å². The lowest BCUT2D eigenvalue weighted by Gasteiger charge is -2.32. The van der Waals surface area contributed by atoms with Crippen LogP contribution in [0.2, 0.25) is 0 Å². The standard InChI is InChI=1S/C25H30N4O4S/c1-18-9-7-8-15-29(18)34(31,32)22-17-20(12-13-21(22)33-3)25(30)27-23(19-10-5-4-6-11-19)24-26-14-16-28(24)2/h4-6,10-14,16-18,23H,7-9,15H2,1-3H3,(H,27,30)/t18-,23-/m0/s1. The van der Waals surface area contributed by atoms with Gasteiger partial charge >= 0.3 is 0 Å². The molecule has 180 valence electrons. The van der Waals surface area contributed by atoms with Crippen molar-refractivity contribution >= 4 is 15.9 Å². The van der Waals surface area contributed by atoms with Gasteiger partial charge in [0.2, 0.25) is 10.0 Å². The number of rotatable bonds is 7.